The lowest BCUT2D eigenvalue weighted by molar-refractivity contribution is 0.575. The molecule has 0 fully saturated rings. The van der Waals surface area contributed by atoms with Gasteiger partial charge in [0.2, 0.25) is 5.03 Å². The van der Waals surface area contributed by atoms with Crippen molar-refractivity contribution in [2.75, 3.05) is 5.32 Å². The third kappa shape index (κ3) is 1.80. The third-order valence-electron chi connectivity index (χ3n) is 2.19. The van der Waals surface area contributed by atoms with Crippen LogP contribution in [-0.4, -0.2) is 19.2 Å². The van der Waals surface area contributed by atoms with Gasteiger partial charge in [0.05, 0.1) is 5.69 Å². The molecule has 86 valence electrons. The van der Waals surface area contributed by atoms with Gasteiger partial charge in [-0.3, -0.25) is 0 Å². The van der Waals surface area contributed by atoms with Gasteiger partial charge in [0.15, 0.2) is 0 Å². The van der Waals surface area contributed by atoms with Crippen molar-refractivity contribution in [3.05, 3.63) is 18.3 Å². The molecule has 5 nitrogen and oxygen atoms in total. The summed E-state index contributed by atoms with van der Waals surface area (Å²) in [7, 11) is -3.66. The summed E-state index contributed by atoms with van der Waals surface area (Å²) in [6.45, 7) is 5.70. The fourth-order valence-electron chi connectivity index (χ4n) is 1.33. The second-order valence-corrected chi connectivity index (χ2v) is 6.17. The molecule has 0 spiro atoms. The zero-order valence-electron chi connectivity index (χ0n) is 9.35. The lowest BCUT2D eigenvalue weighted by Crippen LogP contribution is -2.32. The van der Waals surface area contributed by atoms with Gasteiger partial charge in [-0.2, -0.15) is 8.42 Å². The van der Waals surface area contributed by atoms with Crippen molar-refractivity contribution in [1.29, 1.82) is 0 Å². The van der Waals surface area contributed by atoms with Crippen molar-refractivity contribution in [3.8, 4) is 0 Å². The molecule has 16 heavy (non-hydrogen) atoms. The van der Waals surface area contributed by atoms with Gasteiger partial charge in [-0.25, -0.2) is 4.98 Å². The van der Waals surface area contributed by atoms with Gasteiger partial charge < -0.3 is 5.32 Å². The van der Waals surface area contributed by atoms with E-state index in [0.717, 1.165) is 0 Å². The minimum absolute atomic E-state index is 0.0111. The number of aromatic nitrogens is 1. The van der Waals surface area contributed by atoms with Gasteiger partial charge in [-0.1, -0.05) is 20.8 Å². The average molecular weight is 239 g/mol. The molecule has 0 saturated heterocycles. The summed E-state index contributed by atoms with van der Waals surface area (Å²) in [5.41, 5.74) is 0.142. The molecule has 0 unspecified atom stereocenters. The molecule has 2 rings (SSSR count). The van der Waals surface area contributed by atoms with Crippen LogP contribution in [0.1, 0.15) is 20.8 Å². The largest absolute Gasteiger partial charge is 0.340 e. The Bertz CT molecular complexity index is 556. The Morgan fingerprint density at radius 3 is 2.62 bits per heavy atom. The number of nitrogens with zero attached hydrogens (tertiary/aromatic N) is 2. The van der Waals surface area contributed by atoms with Crippen LogP contribution in [0.4, 0.5) is 5.69 Å². The second-order valence-electron chi connectivity index (χ2n) is 4.65. The van der Waals surface area contributed by atoms with Crippen LogP contribution in [0, 0.1) is 5.41 Å². The van der Waals surface area contributed by atoms with E-state index in [-0.39, 0.29) is 10.4 Å². The van der Waals surface area contributed by atoms with Crippen LogP contribution in [-0.2, 0) is 10.0 Å². The Morgan fingerprint density at radius 2 is 2.00 bits per heavy atom. The zero-order valence-corrected chi connectivity index (χ0v) is 10.2. The molecule has 1 aliphatic rings. The van der Waals surface area contributed by atoms with Crippen LogP contribution in [0.25, 0.3) is 0 Å². The minimum Gasteiger partial charge on any atom is -0.340 e. The highest BCUT2D eigenvalue weighted by atomic mass is 32.2. The summed E-state index contributed by atoms with van der Waals surface area (Å²) in [4.78, 5) is 3.83. The molecule has 0 bridgehead atoms. The number of anilines is 1. The van der Waals surface area contributed by atoms with Crippen molar-refractivity contribution >= 4 is 21.5 Å². The van der Waals surface area contributed by atoms with Gasteiger partial charge in [0.1, 0.15) is 5.84 Å². The summed E-state index contributed by atoms with van der Waals surface area (Å²) in [6, 6.07) is 3.37. The molecule has 0 atom stereocenters. The number of amidine groups is 1. The van der Waals surface area contributed by atoms with Gasteiger partial charge in [0.25, 0.3) is 0 Å². The predicted octanol–water partition coefficient (Wildman–Crippen LogP) is 1.64. The Balaban J connectivity index is 2.61. The fourth-order valence-corrected chi connectivity index (χ4v) is 2.57. The number of sulfonamides is 1. The van der Waals surface area contributed by atoms with Gasteiger partial charge in [-0.05, 0) is 12.1 Å². The first-order valence-electron chi connectivity index (χ1n) is 4.88. The highest BCUT2D eigenvalue weighted by Gasteiger charge is 2.31. The minimum atomic E-state index is -3.66. The molecule has 1 aliphatic heterocycles. The number of rotatable bonds is 0. The van der Waals surface area contributed by atoms with Crippen LogP contribution < -0.4 is 5.32 Å². The van der Waals surface area contributed by atoms with Crippen molar-refractivity contribution in [1.82, 2.24) is 4.98 Å². The van der Waals surface area contributed by atoms with E-state index in [1.807, 2.05) is 20.8 Å². The first kappa shape index (κ1) is 11.1. The van der Waals surface area contributed by atoms with Gasteiger partial charge in [-0.15, -0.1) is 4.40 Å². The van der Waals surface area contributed by atoms with E-state index in [0.29, 0.717) is 11.5 Å². The Kier molecular flexibility index (Phi) is 2.27. The Hall–Kier alpha value is -1.43. The zero-order chi connectivity index (χ0) is 12.0. The van der Waals surface area contributed by atoms with Gasteiger partial charge >= 0.3 is 10.0 Å². The van der Waals surface area contributed by atoms with Crippen LogP contribution in [0.5, 0.6) is 0 Å². The first-order chi connectivity index (χ1) is 7.31. The van der Waals surface area contributed by atoms with Crippen LogP contribution >= 0.6 is 0 Å². The fraction of sp³-hybridized carbons (Fsp3) is 0.400. The summed E-state index contributed by atoms with van der Waals surface area (Å²) in [6.07, 6.45) is 1.44. The summed E-state index contributed by atoms with van der Waals surface area (Å²) in [5.74, 6) is 0.438. The Labute approximate surface area is 94.7 Å². The van der Waals surface area contributed by atoms with Gasteiger partial charge in [0, 0.05) is 11.6 Å². The molecule has 0 saturated carbocycles. The number of fused-ring (bicyclic) bond motifs is 1. The number of hydrogen-bond acceptors (Lipinski definition) is 4. The van der Waals surface area contributed by atoms with Crippen molar-refractivity contribution in [2.45, 2.75) is 25.8 Å². The maximum absolute atomic E-state index is 11.8. The SMILES string of the molecule is CC(C)(C)C1=NS(=O)(=O)c2ncccc2N1. The molecule has 1 aromatic heterocycles. The van der Waals surface area contributed by atoms with E-state index in [1.54, 1.807) is 12.1 Å². The van der Waals surface area contributed by atoms with E-state index in [9.17, 15) is 8.42 Å². The van der Waals surface area contributed by atoms with Crippen molar-refractivity contribution in [3.63, 3.8) is 0 Å². The molecule has 1 N–H and O–H groups in total. The van der Waals surface area contributed by atoms with Crippen LogP contribution in [0.2, 0.25) is 0 Å². The smallest absolute Gasteiger partial charge is 0.303 e. The maximum Gasteiger partial charge on any atom is 0.303 e. The maximum atomic E-state index is 11.8. The number of pyridine rings is 1. The number of nitrogens with one attached hydrogen (secondary N) is 1. The van der Waals surface area contributed by atoms with E-state index in [1.165, 1.54) is 6.20 Å². The number of hydrogen-bond donors (Lipinski definition) is 1. The highest BCUT2D eigenvalue weighted by molar-refractivity contribution is 7.90. The molecule has 0 radical (unpaired) electrons. The lowest BCUT2D eigenvalue weighted by atomic mass is 9.95. The molecule has 0 aromatic carbocycles. The standard InChI is InChI=1S/C10H13N3O2S/c1-10(2,3)9-12-7-5-4-6-11-8(7)16(14,15)13-9/h4-6H,1-3H3,(H,12,13). The van der Waals surface area contributed by atoms with E-state index in [4.69, 9.17) is 0 Å². The molecular weight excluding hydrogens is 226 g/mol. The van der Waals surface area contributed by atoms with E-state index < -0.39 is 10.0 Å². The quantitative estimate of drug-likeness (QED) is 0.747. The van der Waals surface area contributed by atoms with Crippen molar-refractivity contribution in [2.24, 2.45) is 9.81 Å². The van der Waals surface area contributed by atoms with Crippen molar-refractivity contribution < 1.29 is 8.42 Å². The van der Waals surface area contributed by atoms with Crippen LogP contribution in [0.3, 0.4) is 0 Å². The molecule has 6 heteroatoms. The molecular formula is C10H13N3O2S. The predicted molar refractivity (Wildman–Crippen MR) is 61.9 cm³/mol. The molecule has 0 aliphatic carbocycles. The van der Waals surface area contributed by atoms with E-state index >= 15 is 0 Å². The summed E-state index contributed by atoms with van der Waals surface area (Å²) >= 11 is 0. The first-order valence-corrected chi connectivity index (χ1v) is 6.32. The third-order valence-corrected chi connectivity index (χ3v) is 3.43. The Morgan fingerprint density at radius 1 is 1.31 bits per heavy atom. The second kappa shape index (κ2) is 3.28. The molecule has 0 amide bonds. The topological polar surface area (TPSA) is 71.4 Å². The lowest BCUT2D eigenvalue weighted by Gasteiger charge is -2.26. The normalized spacial score (nSPS) is 18.3. The highest BCUT2D eigenvalue weighted by Crippen LogP contribution is 2.29. The molecule has 2 heterocycles. The van der Waals surface area contributed by atoms with Crippen LogP contribution in [0.15, 0.2) is 27.8 Å². The monoisotopic (exact) mass is 239 g/mol. The molecule has 1 aromatic rings. The summed E-state index contributed by atoms with van der Waals surface area (Å²) in [5, 5.41) is 2.99. The average Bonchev–Trinajstić information content (AvgIpc) is 2.15. The summed E-state index contributed by atoms with van der Waals surface area (Å²) < 4.78 is 27.4. The van der Waals surface area contributed by atoms with E-state index in [2.05, 4.69) is 14.7 Å².